The van der Waals surface area contributed by atoms with E-state index in [1.54, 1.807) is 6.20 Å². The van der Waals surface area contributed by atoms with E-state index in [1.165, 1.54) is 5.39 Å². The molecule has 0 saturated carbocycles. The largest absolute Gasteiger partial charge is 0.336 e. The molecule has 1 aromatic heterocycles. The Labute approximate surface area is 159 Å². The van der Waals surface area contributed by atoms with Crippen molar-refractivity contribution < 1.29 is 4.79 Å². The highest BCUT2D eigenvalue weighted by Crippen LogP contribution is 2.24. The van der Waals surface area contributed by atoms with Crippen LogP contribution in [-0.2, 0) is 18.3 Å². The van der Waals surface area contributed by atoms with E-state index in [0.29, 0.717) is 13.0 Å². The molecular formula is C20H23ClN4O. The lowest BCUT2D eigenvalue weighted by molar-refractivity contribution is -0.134. The summed E-state index contributed by atoms with van der Waals surface area (Å²) < 4.78 is 2.00. The van der Waals surface area contributed by atoms with Gasteiger partial charge in [0.05, 0.1) is 6.42 Å². The van der Waals surface area contributed by atoms with Gasteiger partial charge in [-0.2, -0.15) is 0 Å². The summed E-state index contributed by atoms with van der Waals surface area (Å²) in [6.45, 7) is 2.27. The van der Waals surface area contributed by atoms with E-state index in [2.05, 4.69) is 34.6 Å². The number of hydrogen-bond donors (Lipinski definition) is 1. The van der Waals surface area contributed by atoms with Gasteiger partial charge in [0.2, 0.25) is 5.91 Å². The molecule has 5 nitrogen and oxygen atoms in total. The van der Waals surface area contributed by atoms with Gasteiger partial charge in [-0.3, -0.25) is 4.79 Å². The van der Waals surface area contributed by atoms with E-state index in [4.69, 9.17) is 0 Å². The Morgan fingerprint density at radius 2 is 2.04 bits per heavy atom. The fourth-order valence-corrected chi connectivity index (χ4v) is 3.64. The van der Waals surface area contributed by atoms with Crippen LogP contribution in [0.25, 0.3) is 10.8 Å². The monoisotopic (exact) mass is 370 g/mol. The summed E-state index contributed by atoms with van der Waals surface area (Å²) in [5.41, 5.74) is 1.08. The SMILES string of the molecule is Cl.Cn1ccnc1C1CNCCN1C(=O)Cc1cccc2ccccc12. The molecule has 6 heteroatoms. The van der Waals surface area contributed by atoms with E-state index < -0.39 is 0 Å². The molecular weight excluding hydrogens is 348 g/mol. The summed E-state index contributed by atoms with van der Waals surface area (Å²) in [6.07, 6.45) is 4.14. The molecule has 1 N–H and O–H groups in total. The summed E-state index contributed by atoms with van der Waals surface area (Å²) in [5, 5.41) is 5.71. The Balaban J connectivity index is 0.00000196. The molecule has 0 radical (unpaired) electrons. The van der Waals surface area contributed by atoms with Crippen molar-refractivity contribution in [2.24, 2.45) is 7.05 Å². The zero-order chi connectivity index (χ0) is 17.2. The lowest BCUT2D eigenvalue weighted by Gasteiger charge is -2.36. The molecule has 1 saturated heterocycles. The van der Waals surface area contributed by atoms with Gasteiger partial charge in [0.15, 0.2) is 0 Å². The van der Waals surface area contributed by atoms with E-state index in [0.717, 1.165) is 29.9 Å². The van der Waals surface area contributed by atoms with Gasteiger partial charge in [0.25, 0.3) is 0 Å². The summed E-state index contributed by atoms with van der Waals surface area (Å²) in [5.74, 6) is 1.09. The number of aromatic nitrogens is 2. The maximum absolute atomic E-state index is 13.1. The number of halogens is 1. The van der Waals surface area contributed by atoms with Crippen LogP contribution in [0.4, 0.5) is 0 Å². The number of imidazole rings is 1. The summed E-state index contributed by atoms with van der Waals surface area (Å²) in [6, 6.07) is 14.4. The molecule has 1 unspecified atom stereocenters. The summed E-state index contributed by atoms with van der Waals surface area (Å²) in [7, 11) is 1.98. The Hall–Kier alpha value is -2.37. The Morgan fingerprint density at radius 3 is 2.85 bits per heavy atom. The van der Waals surface area contributed by atoms with Crippen molar-refractivity contribution in [3.8, 4) is 0 Å². The lowest BCUT2D eigenvalue weighted by Crippen LogP contribution is -2.49. The minimum atomic E-state index is -0.0174. The standard InChI is InChI=1S/C20H22N4O.ClH/c1-23-11-10-22-20(23)18-14-21-9-12-24(18)19(25)13-16-7-4-6-15-5-2-3-8-17(15)16;/h2-8,10-11,18,21H,9,12-14H2,1H3;1H. The highest BCUT2D eigenvalue weighted by molar-refractivity contribution is 5.90. The van der Waals surface area contributed by atoms with Crippen molar-refractivity contribution in [1.82, 2.24) is 19.8 Å². The normalized spacial score (nSPS) is 17.1. The third kappa shape index (κ3) is 3.45. The molecule has 2 aromatic carbocycles. The van der Waals surface area contributed by atoms with Crippen LogP contribution in [0.5, 0.6) is 0 Å². The number of nitrogens with one attached hydrogen (secondary N) is 1. The van der Waals surface area contributed by atoms with Gasteiger partial charge >= 0.3 is 0 Å². The number of carbonyl (C=O) groups is 1. The van der Waals surface area contributed by atoms with E-state index in [1.807, 2.05) is 40.9 Å². The number of hydrogen-bond acceptors (Lipinski definition) is 3. The second-order valence-corrected chi connectivity index (χ2v) is 6.52. The van der Waals surface area contributed by atoms with Gasteiger partial charge in [-0.15, -0.1) is 12.4 Å². The number of aryl methyl sites for hydroxylation is 1. The molecule has 1 amide bonds. The quantitative estimate of drug-likeness (QED) is 0.771. The molecule has 1 fully saturated rings. The third-order valence-corrected chi connectivity index (χ3v) is 4.94. The lowest BCUT2D eigenvalue weighted by atomic mass is 10.0. The zero-order valence-electron chi connectivity index (χ0n) is 14.8. The van der Waals surface area contributed by atoms with Crippen LogP contribution in [-0.4, -0.2) is 40.0 Å². The minimum Gasteiger partial charge on any atom is -0.336 e. The number of nitrogens with zero attached hydrogens (tertiary/aromatic N) is 3. The average Bonchev–Trinajstić information content (AvgIpc) is 3.08. The van der Waals surface area contributed by atoms with Crippen LogP contribution >= 0.6 is 12.4 Å². The topological polar surface area (TPSA) is 50.2 Å². The fourth-order valence-electron chi connectivity index (χ4n) is 3.64. The maximum atomic E-state index is 13.1. The predicted molar refractivity (Wildman–Crippen MR) is 105 cm³/mol. The second kappa shape index (κ2) is 7.89. The number of fused-ring (bicyclic) bond motifs is 1. The first-order valence-corrected chi connectivity index (χ1v) is 8.68. The minimum absolute atomic E-state index is 0. The fraction of sp³-hybridized carbons (Fsp3) is 0.300. The van der Waals surface area contributed by atoms with Gasteiger partial charge in [0.1, 0.15) is 11.9 Å². The van der Waals surface area contributed by atoms with Crippen molar-refractivity contribution in [3.05, 3.63) is 66.2 Å². The molecule has 3 aromatic rings. The van der Waals surface area contributed by atoms with Gasteiger partial charge in [-0.1, -0.05) is 42.5 Å². The molecule has 1 atom stereocenters. The van der Waals surface area contributed by atoms with Crippen LogP contribution in [0.1, 0.15) is 17.4 Å². The van der Waals surface area contributed by atoms with Crippen LogP contribution in [0.2, 0.25) is 0 Å². The zero-order valence-corrected chi connectivity index (χ0v) is 15.6. The average molecular weight is 371 g/mol. The molecule has 1 aliphatic rings. The van der Waals surface area contributed by atoms with Crippen LogP contribution in [0.15, 0.2) is 54.9 Å². The van der Waals surface area contributed by atoms with Gasteiger partial charge < -0.3 is 14.8 Å². The van der Waals surface area contributed by atoms with E-state index in [9.17, 15) is 4.79 Å². The number of piperazine rings is 1. The first kappa shape index (κ1) is 18.4. The molecule has 136 valence electrons. The van der Waals surface area contributed by atoms with Crippen LogP contribution in [0.3, 0.4) is 0 Å². The number of carbonyl (C=O) groups excluding carboxylic acids is 1. The Bertz CT molecular complexity index is 902. The molecule has 4 rings (SSSR count). The van der Waals surface area contributed by atoms with Gasteiger partial charge in [-0.25, -0.2) is 4.98 Å². The number of benzene rings is 2. The van der Waals surface area contributed by atoms with Crippen LogP contribution in [0, 0.1) is 0 Å². The highest BCUT2D eigenvalue weighted by atomic mass is 35.5. The third-order valence-electron chi connectivity index (χ3n) is 4.94. The predicted octanol–water partition coefficient (Wildman–Crippen LogP) is 2.71. The number of amides is 1. The van der Waals surface area contributed by atoms with Gasteiger partial charge in [0, 0.05) is 39.1 Å². The Morgan fingerprint density at radius 1 is 1.23 bits per heavy atom. The molecule has 0 bridgehead atoms. The maximum Gasteiger partial charge on any atom is 0.227 e. The molecule has 1 aliphatic heterocycles. The molecule has 0 spiro atoms. The summed E-state index contributed by atoms with van der Waals surface area (Å²) >= 11 is 0. The van der Waals surface area contributed by atoms with Gasteiger partial charge in [-0.05, 0) is 16.3 Å². The molecule has 26 heavy (non-hydrogen) atoms. The van der Waals surface area contributed by atoms with Crippen molar-refractivity contribution >= 4 is 29.1 Å². The highest BCUT2D eigenvalue weighted by Gasteiger charge is 2.30. The second-order valence-electron chi connectivity index (χ2n) is 6.52. The first-order valence-electron chi connectivity index (χ1n) is 8.68. The first-order chi connectivity index (χ1) is 12.2. The van der Waals surface area contributed by atoms with Crippen molar-refractivity contribution in [2.75, 3.05) is 19.6 Å². The molecule has 2 heterocycles. The van der Waals surface area contributed by atoms with E-state index in [-0.39, 0.29) is 24.4 Å². The van der Waals surface area contributed by atoms with E-state index >= 15 is 0 Å². The number of rotatable bonds is 3. The van der Waals surface area contributed by atoms with Crippen LogP contribution < -0.4 is 5.32 Å². The van der Waals surface area contributed by atoms with Crippen molar-refractivity contribution in [2.45, 2.75) is 12.5 Å². The molecule has 0 aliphatic carbocycles. The summed E-state index contributed by atoms with van der Waals surface area (Å²) in [4.78, 5) is 19.5. The van der Waals surface area contributed by atoms with Crippen molar-refractivity contribution in [1.29, 1.82) is 0 Å². The van der Waals surface area contributed by atoms with Crippen molar-refractivity contribution in [3.63, 3.8) is 0 Å². The Kier molecular flexibility index (Phi) is 5.59. The smallest absolute Gasteiger partial charge is 0.227 e.